The van der Waals surface area contributed by atoms with E-state index in [0.717, 1.165) is 11.1 Å². The summed E-state index contributed by atoms with van der Waals surface area (Å²) in [5.74, 6) is 0.453. The molecule has 0 fully saturated rings. The van der Waals surface area contributed by atoms with Crippen LogP contribution in [0.25, 0.3) is 0 Å². The van der Waals surface area contributed by atoms with Crippen molar-refractivity contribution in [3.05, 3.63) is 52.1 Å². The summed E-state index contributed by atoms with van der Waals surface area (Å²) in [6.07, 6.45) is 0. The molecule has 0 bridgehead atoms. The number of amides is 2. The maximum Gasteiger partial charge on any atom is 0.262 e. The SMILES string of the molecule is Br.CCOc1cc2c(cc1C(=O)NC)C(=N)N(CC(=O)c1cc3c(c(C(C)(C)C)c1)OCC(=O)N3)C2. The van der Waals surface area contributed by atoms with Crippen LogP contribution >= 0.6 is 17.0 Å². The van der Waals surface area contributed by atoms with Crippen molar-refractivity contribution in [2.24, 2.45) is 0 Å². The molecular weight excluding hydrogens is 528 g/mol. The number of nitrogens with zero attached hydrogens (tertiary/aromatic N) is 1. The molecule has 9 nitrogen and oxygen atoms in total. The molecule has 36 heavy (non-hydrogen) atoms. The quantitative estimate of drug-likeness (QED) is 0.465. The molecule has 0 saturated heterocycles. The summed E-state index contributed by atoms with van der Waals surface area (Å²) in [7, 11) is 1.54. The zero-order valence-corrected chi connectivity index (χ0v) is 22.7. The molecule has 192 valence electrons. The molecule has 10 heteroatoms. The Hall–Kier alpha value is -3.40. The van der Waals surface area contributed by atoms with E-state index in [1.54, 1.807) is 30.1 Å². The van der Waals surface area contributed by atoms with E-state index in [0.29, 0.717) is 47.0 Å². The molecule has 0 unspecified atom stereocenters. The summed E-state index contributed by atoms with van der Waals surface area (Å²) in [6, 6.07) is 6.86. The number of hydrogen-bond donors (Lipinski definition) is 3. The number of ether oxygens (including phenoxy) is 2. The minimum absolute atomic E-state index is 0. The largest absolute Gasteiger partial charge is 0.493 e. The van der Waals surface area contributed by atoms with Crippen molar-refractivity contribution >= 4 is 46.1 Å². The van der Waals surface area contributed by atoms with Crippen LogP contribution in [0.5, 0.6) is 11.5 Å². The highest BCUT2D eigenvalue weighted by molar-refractivity contribution is 8.93. The van der Waals surface area contributed by atoms with Crippen molar-refractivity contribution < 1.29 is 23.9 Å². The standard InChI is InChI=1S/C26H30N4O5.BrH/c1-6-34-21-9-15-11-30(24(27)16(15)10-17(21)25(33)28-5)12-20(31)14-7-18(26(2,3)4)23-19(8-14)29-22(32)13-35-23;/h7-10,27H,6,11-13H2,1-5H3,(H,28,33)(H,29,32);1H. The van der Waals surface area contributed by atoms with E-state index >= 15 is 0 Å². The number of benzene rings is 2. The zero-order valence-electron chi connectivity index (χ0n) is 21.0. The van der Waals surface area contributed by atoms with Gasteiger partial charge in [0.25, 0.3) is 11.8 Å². The van der Waals surface area contributed by atoms with Gasteiger partial charge in [0.2, 0.25) is 0 Å². The number of carbonyl (C=O) groups excluding carboxylic acids is 3. The van der Waals surface area contributed by atoms with E-state index < -0.39 is 0 Å². The Kier molecular flexibility index (Phi) is 7.78. The van der Waals surface area contributed by atoms with E-state index in [1.807, 2.05) is 33.8 Å². The second-order valence-electron chi connectivity index (χ2n) is 9.63. The Morgan fingerprint density at radius 2 is 1.94 bits per heavy atom. The maximum absolute atomic E-state index is 13.4. The van der Waals surface area contributed by atoms with Crippen molar-refractivity contribution in [2.75, 3.05) is 32.1 Å². The summed E-state index contributed by atoms with van der Waals surface area (Å²) < 4.78 is 11.3. The predicted octanol–water partition coefficient (Wildman–Crippen LogP) is 3.68. The lowest BCUT2D eigenvalue weighted by Crippen LogP contribution is -2.31. The molecule has 2 heterocycles. The normalized spacial score (nSPS) is 14.2. The molecule has 3 N–H and O–H groups in total. The number of amidine groups is 1. The van der Waals surface area contributed by atoms with Crippen LogP contribution in [0.4, 0.5) is 5.69 Å². The molecule has 2 aromatic rings. The first-order valence-electron chi connectivity index (χ1n) is 11.5. The van der Waals surface area contributed by atoms with Crippen LogP contribution in [0.3, 0.4) is 0 Å². The third-order valence-corrected chi connectivity index (χ3v) is 6.08. The maximum atomic E-state index is 13.4. The van der Waals surface area contributed by atoms with Gasteiger partial charge in [-0.15, -0.1) is 17.0 Å². The van der Waals surface area contributed by atoms with E-state index in [4.69, 9.17) is 14.9 Å². The monoisotopic (exact) mass is 558 g/mol. The Morgan fingerprint density at radius 3 is 2.58 bits per heavy atom. The van der Waals surface area contributed by atoms with Gasteiger partial charge in [-0.1, -0.05) is 20.8 Å². The summed E-state index contributed by atoms with van der Waals surface area (Å²) in [4.78, 5) is 39.3. The number of ketones is 1. The highest BCUT2D eigenvalue weighted by atomic mass is 79.9. The summed E-state index contributed by atoms with van der Waals surface area (Å²) in [6.45, 7) is 8.56. The van der Waals surface area contributed by atoms with Gasteiger partial charge in [-0.3, -0.25) is 19.8 Å². The van der Waals surface area contributed by atoms with Crippen LogP contribution in [0.2, 0.25) is 0 Å². The van der Waals surface area contributed by atoms with Gasteiger partial charge in [0.1, 0.15) is 17.3 Å². The molecular formula is C26H31BrN4O5. The first-order chi connectivity index (χ1) is 16.5. The number of fused-ring (bicyclic) bond motifs is 2. The minimum Gasteiger partial charge on any atom is -0.493 e. The topological polar surface area (TPSA) is 121 Å². The Balaban J connectivity index is 0.00000361. The van der Waals surface area contributed by atoms with Gasteiger partial charge in [-0.2, -0.15) is 0 Å². The predicted molar refractivity (Wildman–Crippen MR) is 142 cm³/mol. The third kappa shape index (κ3) is 5.09. The fraction of sp³-hybridized carbons (Fsp3) is 0.385. The van der Waals surface area contributed by atoms with Crippen LogP contribution in [-0.2, 0) is 16.8 Å². The first-order valence-corrected chi connectivity index (χ1v) is 11.5. The molecule has 2 aliphatic rings. The average molecular weight is 559 g/mol. The molecule has 0 aromatic heterocycles. The average Bonchev–Trinajstić information content (AvgIpc) is 3.10. The molecule has 0 saturated carbocycles. The molecule has 0 aliphatic carbocycles. The second-order valence-corrected chi connectivity index (χ2v) is 9.63. The van der Waals surface area contributed by atoms with E-state index in [1.165, 1.54) is 0 Å². The zero-order chi connectivity index (χ0) is 25.5. The van der Waals surface area contributed by atoms with E-state index in [2.05, 4.69) is 10.6 Å². The van der Waals surface area contributed by atoms with Gasteiger partial charge in [0.05, 0.1) is 24.4 Å². The second kappa shape index (κ2) is 10.3. The van der Waals surface area contributed by atoms with Crippen molar-refractivity contribution in [1.29, 1.82) is 5.41 Å². The molecule has 2 amide bonds. The number of nitrogens with one attached hydrogen (secondary N) is 3. The number of carbonyl (C=O) groups is 3. The summed E-state index contributed by atoms with van der Waals surface area (Å²) >= 11 is 0. The van der Waals surface area contributed by atoms with Gasteiger partial charge in [-0.05, 0) is 42.2 Å². The van der Waals surface area contributed by atoms with Crippen LogP contribution < -0.4 is 20.1 Å². The van der Waals surface area contributed by atoms with Gasteiger partial charge in [0.15, 0.2) is 12.4 Å². The number of rotatable bonds is 6. The number of anilines is 1. The Labute approximate surface area is 220 Å². The van der Waals surface area contributed by atoms with E-state index in [-0.39, 0.29) is 59.0 Å². The van der Waals surface area contributed by atoms with Crippen LogP contribution in [0.15, 0.2) is 24.3 Å². The van der Waals surface area contributed by atoms with Gasteiger partial charge in [0, 0.05) is 30.3 Å². The fourth-order valence-corrected chi connectivity index (χ4v) is 4.33. The lowest BCUT2D eigenvalue weighted by molar-refractivity contribution is -0.118. The molecule has 2 aromatic carbocycles. The lowest BCUT2D eigenvalue weighted by atomic mass is 9.84. The molecule has 2 aliphatic heterocycles. The lowest BCUT2D eigenvalue weighted by Gasteiger charge is -2.28. The van der Waals surface area contributed by atoms with Gasteiger partial charge < -0.3 is 25.0 Å². The van der Waals surface area contributed by atoms with Crippen molar-refractivity contribution in [3.8, 4) is 11.5 Å². The smallest absolute Gasteiger partial charge is 0.262 e. The minimum atomic E-state index is -0.315. The Bertz CT molecular complexity index is 1250. The summed E-state index contributed by atoms with van der Waals surface area (Å²) in [5.41, 5.74) is 3.20. The van der Waals surface area contributed by atoms with E-state index in [9.17, 15) is 14.4 Å². The van der Waals surface area contributed by atoms with Crippen molar-refractivity contribution in [1.82, 2.24) is 10.2 Å². The Morgan fingerprint density at radius 1 is 1.22 bits per heavy atom. The first kappa shape index (κ1) is 27.2. The van der Waals surface area contributed by atoms with Gasteiger partial charge >= 0.3 is 0 Å². The van der Waals surface area contributed by atoms with Crippen LogP contribution in [-0.4, -0.2) is 55.1 Å². The third-order valence-electron chi connectivity index (χ3n) is 6.08. The van der Waals surface area contributed by atoms with Gasteiger partial charge in [-0.25, -0.2) is 0 Å². The number of hydrogen-bond acceptors (Lipinski definition) is 6. The van der Waals surface area contributed by atoms with Crippen LogP contribution in [0, 0.1) is 5.41 Å². The highest BCUT2D eigenvalue weighted by Crippen LogP contribution is 2.40. The molecule has 0 radical (unpaired) electrons. The number of halogens is 1. The molecule has 0 spiro atoms. The molecule has 4 rings (SSSR count). The van der Waals surface area contributed by atoms with Crippen molar-refractivity contribution in [2.45, 2.75) is 39.7 Å². The number of Topliss-reactive ketones (excluding diaryl/α,β-unsaturated/α-hetero) is 1. The molecule has 0 atom stereocenters. The highest BCUT2D eigenvalue weighted by Gasteiger charge is 2.31. The van der Waals surface area contributed by atoms with Crippen LogP contribution in [0.1, 0.15) is 65.1 Å². The fourth-order valence-electron chi connectivity index (χ4n) is 4.33. The summed E-state index contributed by atoms with van der Waals surface area (Å²) in [5, 5.41) is 14.1. The van der Waals surface area contributed by atoms with Crippen molar-refractivity contribution in [3.63, 3.8) is 0 Å².